The van der Waals surface area contributed by atoms with Gasteiger partial charge in [0.2, 0.25) is 0 Å². The maximum Gasteiger partial charge on any atom is 0.338 e. The van der Waals surface area contributed by atoms with E-state index in [9.17, 15) is 4.79 Å². The summed E-state index contributed by atoms with van der Waals surface area (Å²) >= 11 is 0. The fourth-order valence-corrected chi connectivity index (χ4v) is 2.31. The molecule has 0 atom stereocenters. The molecule has 4 nitrogen and oxygen atoms in total. The molecule has 0 spiro atoms. The summed E-state index contributed by atoms with van der Waals surface area (Å²) in [5.74, 6) is -0.390. The summed E-state index contributed by atoms with van der Waals surface area (Å²) in [5, 5.41) is 0.840. The first-order valence-corrected chi connectivity index (χ1v) is 7.00. The van der Waals surface area contributed by atoms with Crippen molar-refractivity contribution in [2.24, 2.45) is 0 Å². The lowest BCUT2D eigenvalue weighted by Gasteiger charge is -2.08. The molecule has 1 aromatic heterocycles. The molecule has 0 saturated carbocycles. The third-order valence-electron chi connectivity index (χ3n) is 3.40. The van der Waals surface area contributed by atoms with Gasteiger partial charge < -0.3 is 10.5 Å². The number of fused-ring (bicyclic) bond motifs is 1. The highest BCUT2D eigenvalue weighted by Gasteiger charge is 2.11. The van der Waals surface area contributed by atoms with Crippen molar-refractivity contribution >= 4 is 22.6 Å². The molecule has 1 heterocycles. The highest BCUT2D eigenvalue weighted by atomic mass is 16.5. The molecule has 0 amide bonds. The van der Waals surface area contributed by atoms with Gasteiger partial charge in [0.25, 0.3) is 0 Å². The molecule has 2 aromatic carbocycles. The third kappa shape index (κ3) is 2.91. The zero-order valence-corrected chi connectivity index (χ0v) is 12.2. The smallest absolute Gasteiger partial charge is 0.338 e. The van der Waals surface area contributed by atoms with E-state index in [-0.39, 0.29) is 12.6 Å². The predicted octanol–water partition coefficient (Wildman–Crippen LogP) is 3.48. The molecule has 2 N–H and O–H groups in total. The Hall–Kier alpha value is -2.88. The Labute approximate surface area is 128 Å². The number of aryl methyl sites for hydroxylation is 1. The Bertz CT molecular complexity index is 829. The number of benzene rings is 2. The minimum Gasteiger partial charge on any atom is -0.457 e. The molecule has 3 aromatic rings. The van der Waals surface area contributed by atoms with Gasteiger partial charge in [0.15, 0.2) is 0 Å². The molecule has 0 fully saturated rings. The Morgan fingerprint density at radius 1 is 1.18 bits per heavy atom. The van der Waals surface area contributed by atoms with Crippen molar-refractivity contribution in [2.45, 2.75) is 13.5 Å². The van der Waals surface area contributed by atoms with Crippen LogP contribution in [0.3, 0.4) is 0 Å². The highest BCUT2D eigenvalue weighted by molar-refractivity contribution is 5.99. The van der Waals surface area contributed by atoms with E-state index in [1.807, 2.05) is 43.3 Å². The highest BCUT2D eigenvalue weighted by Crippen LogP contribution is 2.22. The third-order valence-corrected chi connectivity index (χ3v) is 3.40. The van der Waals surface area contributed by atoms with E-state index in [0.717, 1.165) is 16.5 Å². The minimum atomic E-state index is -0.390. The van der Waals surface area contributed by atoms with Crippen molar-refractivity contribution in [3.63, 3.8) is 0 Å². The van der Waals surface area contributed by atoms with Gasteiger partial charge in [-0.25, -0.2) is 4.79 Å². The molecular formula is C18H16N2O2. The van der Waals surface area contributed by atoms with Gasteiger partial charge in [0.1, 0.15) is 6.61 Å². The first-order chi connectivity index (χ1) is 10.6. The summed E-state index contributed by atoms with van der Waals surface area (Å²) in [7, 11) is 0. The number of nitrogen functional groups attached to an aromatic ring is 1. The van der Waals surface area contributed by atoms with Gasteiger partial charge in [-0.05, 0) is 36.2 Å². The zero-order chi connectivity index (χ0) is 15.5. The van der Waals surface area contributed by atoms with Crippen LogP contribution in [0.2, 0.25) is 0 Å². The van der Waals surface area contributed by atoms with Crippen molar-refractivity contribution in [3.05, 3.63) is 71.4 Å². The molecule has 4 heteroatoms. The van der Waals surface area contributed by atoms with Crippen LogP contribution in [0, 0.1) is 6.92 Å². The van der Waals surface area contributed by atoms with Crippen LogP contribution in [0.5, 0.6) is 0 Å². The van der Waals surface area contributed by atoms with Crippen LogP contribution in [-0.2, 0) is 11.3 Å². The second-order valence-electron chi connectivity index (χ2n) is 5.21. The van der Waals surface area contributed by atoms with Gasteiger partial charge >= 0.3 is 5.97 Å². The number of anilines is 1. The van der Waals surface area contributed by atoms with Crippen molar-refractivity contribution in [3.8, 4) is 0 Å². The monoisotopic (exact) mass is 292 g/mol. The van der Waals surface area contributed by atoms with Crippen LogP contribution < -0.4 is 5.73 Å². The molecule has 0 bridgehead atoms. The zero-order valence-electron chi connectivity index (χ0n) is 12.2. The molecule has 0 radical (unpaired) electrons. The molecule has 0 saturated heterocycles. The maximum atomic E-state index is 12.2. The number of rotatable bonds is 3. The van der Waals surface area contributed by atoms with E-state index in [2.05, 4.69) is 4.98 Å². The van der Waals surface area contributed by atoms with E-state index in [1.54, 1.807) is 18.3 Å². The van der Waals surface area contributed by atoms with Crippen LogP contribution in [0.1, 0.15) is 21.5 Å². The lowest BCUT2D eigenvalue weighted by molar-refractivity contribution is 0.0473. The normalized spacial score (nSPS) is 10.6. The van der Waals surface area contributed by atoms with E-state index < -0.39 is 0 Å². The number of carbonyl (C=O) groups excluding carboxylic acids is 1. The summed E-state index contributed by atoms with van der Waals surface area (Å²) in [4.78, 5) is 16.5. The molecule has 110 valence electrons. The van der Waals surface area contributed by atoms with Gasteiger partial charge in [-0.3, -0.25) is 4.98 Å². The quantitative estimate of drug-likeness (QED) is 0.593. The number of hydrogen-bond acceptors (Lipinski definition) is 4. The summed E-state index contributed by atoms with van der Waals surface area (Å²) < 4.78 is 5.33. The van der Waals surface area contributed by atoms with E-state index in [1.165, 1.54) is 0 Å². The summed E-state index contributed by atoms with van der Waals surface area (Å²) in [6.07, 6.45) is 1.76. The van der Waals surface area contributed by atoms with Crippen LogP contribution in [-0.4, -0.2) is 11.0 Å². The van der Waals surface area contributed by atoms with Gasteiger partial charge in [-0.15, -0.1) is 0 Å². The van der Waals surface area contributed by atoms with Crippen LogP contribution in [0.15, 0.2) is 54.7 Å². The number of aromatic nitrogens is 1. The number of nitrogens with two attached hydrogens (primary N) is 1. The Morgan fingerprint density at radius 3 is 2.73 bits per heavy atom. The second kappa shape index (κ2) is 5.85. The number of carbonyl (C=O) groups is 1. The molecule has 3 rings (SSSR count). The molecular weight excluding hydrogens is 276 g/mol. The summed E-state index contributed by atoms with van der Waals surface area (Å²) in [6, 6.07) is 14.9. The van der Waals surface area contributed by atoms with Crippen LogP contribution in [0.4, 0.5) is 5.69 Å². The maximum absolute atomic E-state index is 12.2. The molecule has 0 aliphatic carbocycles. The van der Waals surface area contributed by atoms with Crippen molar-refractivity contribution in [1.29, 1.82) is 0 Å². The molecule has 0 unspecified atom stereocenters. The fraction of sp³-hybridized carbons (Fsp3) is 0.111. The van der Waals surface area contributed by atoms with Crippen LogP contribution >= 0.6 is 0 Å². The lowest BCUT2D eigenvalue weighted by atomic mass is 10.1. The van der Waals surface area contributed by atoms with Gasteiger partial charge in [-0.1, -0.05) is 30.3 Å². The van der Waals surface area contributed by atoms with Gasteiger partial charge in [0.05, 0.1) is 16.8 Å². The van der Waals surface area contributed by atoms with Crippen LogP contribution in [0.25, 0.3) is 10.9 Å². The SMILES string of the molecule is Cc1cnc2c(N)cc(C(=O)OCc3ccccc3)cc2c1. The van der Waals surface area contributed by atoms with E-state index in [4.69, 9.17) is 10.5 Å². The number of esters is 1. The number of nitrogens with zero attached hydrogens (tertiary/aromatic N) is 1. The average molecular weight is 292 g/mol. The number of pyridine rings is 1. The Morgan fingerprint density at radius 2 is 1.95 bits per heavy atom. The van der Waals surface area contributed by atoms with Crippen molar-refractivity contribution < 1.29 is 9.53 Å². The summed E-state index contributed by atoms with van der Waals surface area (Å²) in [6.45, 7) is 2.19. The van der Waals surface area contributed by atoms with E-state index >= 15 is 0 Å². The molecule has 0 aliphatic heterocycles. The number of hydrogen-bond donors (Lipinski definition) is 1. The van der Waals surface area contributed by atoms with Crippen molar-refractivity contribution in [2.75, 3.05) is 5.73 Å². The molecule has 22 heavy (non-hydrogen) atoms. The average Bonchev–Trinajstić information content (AvgIpc) is 2.53. The Kier molecular flexibility index (Phi) is 3.74. The first-order valence-electron chi connectivity index (χ1n) is 7.00. The minimum absolute atomic E-state index is 0.240. The topological polar surface area (TPSA) is 65.2 Å². The Balaban J connectivity index is 1.84. The first kappa shape index (κ1) is 14.1. The van der Waals surface area contributed by atoms with Gasteiger partial charge in [0, 0.05) is 11.6 Å². The summed E-state index contributed by atoms with van der Waals surface area (Å²) in [5.41, 5.74) is 9.56. The standard InChI is InChI=1S/C18H16N2O2/c1-12-7-14-8-15(9-16(19)17(14)20-10-12)18(21)22-11-13-5-3-2-4-6-13/h2-10H,11,19H2,1H3. The predicted molar refractivity (Wildman–Crippen MR) is 86.5 cm³/mol. The van der Waals surface area contributed by atoms with E-state index in [0.29, 0.717) is 16.8 Å². The fourth-order valence-electron chi connectivity index (χ4n) is 2.31. The molecule has 0 aliphatic rings. The second-order valence-corrected chi connectivity index (χ2v) is 5.21. The van der Waals surface area contributed by atoms with Crippen molar-refractivity contribution in [1.82, 2.24) is 4.98 Å². The number of ether oxygens (including phenoxy) is 1. The van der Waals surface area contributed by atoms with Gasteiger partial charge in [-0.2, -0.15) is 0 Å². The lowest BCUT2D eigenvalue weighted by Crippen LogP contribution is -2.06. The largest absolute Gasteiger partial charge is 0.457 e.